The molecular weight excluding hydrogens is 2590 g/mol. The molecule has 0 saturated carbocycles. The number of aromatic nitrogens is 22. The zero-order valence-electron chi connectivity index (χ0n) is 78.3. The predicted octanol–water partition coefficient (Wildman–Crippen LogP) is 22.7. The van der Waals surface area contributed by atoms with Gasteiger partial charge in [-0.15, -0.1) is 82.5 Å². The van der Waals surface area contributed by atoms with Crippen LogP contribution in [0, 0.1) is 107 Å². The summed E-state index contributed by atoms with van der Waals surface area (Å²) in [7, 11) is 0. The smallest absolute Gasteiger partial charge is 0.135 e. The summed E-state index contributed by atoms with van der Waals surface area (Å²) < 4.78 is 10.5. The van der Waals surface area contributed by atoms with Crippen molar-refractivity contribution in [2.24, 2.45) is 0 Å². The van der Waals surface area contributed by atoms with Gasteiger partial charge in [-0.1, -0.05) is 194 Å². The Morgan fingerprint density at radius 3 is 1.62 bits per heavy atom. The molecule has 11 aromatic heterocycles. The van der Waals surface area contributed by atoms with Gasteiger partial charge in [0, 0.05) is 235 Å². The second-order valence-corrected chi connectivity index (χ2v) is 35.4. The number of imidazole rings is 4. The Morgan fingerprint density at radius 2 is 0.956 bits per heavy atom. The van der Waals surface area contributed by atoms with Crippen LogP contribution in [0.1, 0.15) is 130 Å². The number of aryl methyl sites for hydroxylation is 12. The van der Waals surface area contributed by atoms with Crippen LogP contribution in [-0.2, 0) is 124 Å². The molecule has 0 bridgehead atoms. The molecule has 695 valence electrons. The van der Waals surface area contributed by atoms with Crippen molar-refractivity contribution in [2.45, 2.75) is 141 Å². The molecule has 11 heterocycles. The first kappa shape index (κ1) is 100. The van der Waals surface area contributed by atoms with Crippen LogP contribution in [0.5, 0.6) is 0 Å². The molecule has 0 saturated heterocycles. The average molecular weight is 2690 g/mol. The molecule has 0 atom stereocenters. The Balaban J connectivity index is 0.000000136. The molecule has 0 aliphatic heterocycles. The van der Waals surface area contributed by atoms with Crippen LogP contribution >= 0.6 is 0 Å². The van der Waals surface area contributed by atoms with Crippen molar-refractivity contribution >= 4 is 54.8 Å². The molecule has 0 N–H and O–H groups in total. The maximum atomic E-state index is 4.98. The van der Waals surface area contributed by atoms with E-state index in [1.807, 2.05) is 127 Å². The van der Waals surface area contributed by atoms with E-state index >= 15 is 0 Å². The van der Waals surface area contributed by atoms with E-state index in [9.17, 15) is 0 Å². The first-order valence-corrected chi connectivity index (χ1v) is 44.1. The monoisotopic (exact) mass is 2690 g/mol. The second kappa shape index (κ2) is 42.1. The summed E-state index contributed by atoms with van der Waals surface area (Å²) in [5.41, 5.74) is 37.8. The summed E-state index contributed by atoms with van der Waals surface area (Å²) >= 11 is 0. The summed E-state index contributed by atoms with van der Waals surface area (Å²) in [6.45, 7) is 34.5. The standard InChI is InChI=1S/C27H20N3.C25H25N4.C24H25N4.C19H16N5.C15H9N6.5Ir/c1-27(2)23-11-4-3-9-20(23)22-17-19(12-13-24(22)27)30-16-15-29-26(30)21-10-5-7-18-8-6-14-28-25(18)21;1-14-11-15(2)24(16(3)12-14)29-18(5)17(4)27-25(29)21-10-9-19-7-6-8-20-13-26-28-23(21)22(19)20;1-15-12-16(2)22(17(3)13-15)28-11-10-25-23(28)18-8-7-9-19-21(18)26-14-20(27-19)24(4,5)6;1-12-9-13(2)18(14(3)10-12)24-8-7-20-19(24)15-5-4-6-16-17(15)23-22-11-21-16;1-2-4-12(5-3-1)21-10-19-20-15(21)13-8-16-6-11-7-17-9-18-14(11)13;;;;;/h3-9,11-17H,1-2H3;9,11-13H,6-8H2,1-5H3;7,9-14H,1-6H3;4,6-11H,1-3H3;1-7,9-10H;;;;;/q5*-1;;;;;. The third kappa shape index (κ3) is 19.6. The van der Waals surface area contributed by atoms with Crippen LogP contribution < -0.4 is 0 Å². The minimum absolute atomic E-state index is 0. The van der Waals surface area contributed by atoms with Crippen LogP contribution in [0.15, 0.2) is 251 Å². The van der Waals surface area contributed by atoms with Crippen molar-refractivity contribution in [1.82, 2.24) is 108 Å². The first-order chi connectivity index (χ1) is 63.9. The minimum Gasteiger partial charge on any atom is -0.359 e. The van der Waals surface area contributed by atoms with Gasteiger partial charge in [0.15, 0.2) is 0 Å². The molecular formula is C110H95Ir5N22-5. The summed E-state index contributed by atoms with van der Waals surface area (Å²) in [5.74, 6) is 4.03. The molecule has 21 aromatic rings. The normalized spacial score (nSPS) is 11.9. The fourth-order valence-electron chi connectivity index (χ4n) is 18.8. The van der Waals surface area contributed by atoms with Gasteiger partial charge in [-0.3, -0.25) is 34.9 Å². The van der Waals surface area contributed by atoms with Gasteiger partial charge in [-0.05, 0) is 203 Å². The molecule has 0 spiro atoms. The molecule has 2 aliphatic carbocycles. The number of para-hydroxylation sites is 1. The SMILES string of the molecule is CC1(C)c2ccccc2-c2cc(-n3ccnc3-c3[c-]ccc4cccnc34)ccc21.Cc1cc(C)c(-n2c(-c3[c-]cc4c5c(cnnc35)CCC4)nc(C)c2C)c(C)c1.Cc1cc(C)c(-n2ccnc2-c2[c-]ccc3nc(C(C)(C)C)cnc23)c(C)c1.Cc1cc(C)c(-n2ccnc2-c2[c-]ccc3ncnnc23)c(C)c1.[Ir].[Ir].[Ir].[Ir].[Ir].[c-]1ncc2cncnc2c1-c1nncn1-c1ccccc1. The Hall–Kier alpha value is -12.7. The molecule has 0 unspecified atom stereocenters. The number of pyridine rings is 2. The van der Waals surface area contributed by atoms with Crippen molar-refractivity contribution in [3.8, 4) is 96.5 Å². The molecule has 23 rings (SSSR count). The number of nitrogens with zero attached hydrogens (tertiary/aromatic N) is 22. The summed E-state index contributed by atoms with van der Waals surface area (Å²) in [6.07, 6.45) is 31.4. The molecule has 137 heavy (non-hydrogen) atoms. The van der Waals surface area contributed by atoms with Gasteiger partial charge in [-0.25, -0.2) is 10.1 Å². The summed E-state index contributed by atoms with van der Waals surface area (Å²) in [5, 5.41) is 28.4. The number of hydrogen-bond donors (Lipinski definition) is 0. The average Bonchev–Trinajstić information content (AvgIpc) is 1.57. The Morgan fingerprint density at radius 1 is 0.387 bits per heavy atom. The van der Waals surface area contributed by atoms with Crippen LogP contribution in [0.4, 0.5) is 0 Å². The van der Waals surface area contributed by atoms with E-state index in [0.29, 0.717) is 16.9 Å². The van der Waals surface area contributed by atoms with Gasteiger partial charge < -0.3 is 37.8 Å². The van der Waals surface area contributed by atoms with Crippen molar-refractivity contribution in [2.75, 3.05) is 0 Å². The van der Waals surface area contributed by atoms with Crippen LogP contribution in [-0.4, -0.2) is 108 Å². The van der Waals surface area contributed by atoms with Gasteiger partial charge in [-0.2, -0.15) is 15.3 Å². The Bertz CT molecular complexity index is 7930. The van der Waals surface area contributed by atoms with Crippen LogP contribution in [0.25, 0.3) is 151 Å². The minimum atomic E-state index is -0.0461. The molecule has 5 radical (unpaired) electrons. The van der Waals surface area contributed by atoms with Crippen molar-refractivity contribution in [3.05, 3.63) is 371 Å². The number of fused-ring (bicyclic) bond motifs is 7. The van der Waals surface area contributed by atoms with Gasteiger partial charge in [0.25, 0.3) is 0 Å². The van der Waals surface area contributed by atoms with E-state index in [1.165, 1.54) is 107 Å². The fraction of sp³-hybridized carbons (Fsp3) is 0.191. The number of hydrogen-bond acceptors (Lipinski definition) is 17. The van der Waals surface area contributed by atoms with Gasteiger partial charge in [0.2, 0.25) is 0 Å². The van der Waals surface area contributed by atoms with Crippen LogP contribution in [0.3, 0.4) is 0 Å². The summed E-state index contributed by atoms with van der Waals surface area (Å²) in [6, 6.07) is 69.8. The van der Waals surface area contributed by atoms with Gasteiger partial charge in [0.1, 0.15) is 19.0 Å². The van der Waals surface area contributed by atoms with Crippen molar-refractivity contribution < 1.29 is 101 Å². The zero-order chi connectivity index (χ0) is 91.4. The Labute approximate surface area is 863 Å². The third-order valence-corrected chi connectivity index (χ3v) is 24.7. The second-order valence-electron chi connectivity index (χ2n) is 35.4. The van der Waals surface area contributed by atoms with Gasteiger partial charge in [0.05, 0.1) is 41.0 Å². The largest absolute Gasteiger partial charge is 0.359 e. The quantitative estimate of drug-likeness (QED) is 0.116. The predicted molar refractivity (Wildman–Crippen MR) is 521 cm³/mol. The maximum Gasteiger partial charge on any atom is 0.135 e. The van der Waals surface area contributed by atoms with Crippen molar-refractivity contribution in [3.63, 3.8) is 0 Å². The maximum absolute atomic E-state index is 4.98. The first-order valence-electron chi connectivity index (χ1n) is 44.1. The molecule has 27 heteroatoms. The van der Waals surface area contributed by atoms with E-state index in [4.69, 9.17) is 15.0 Å². The van der Waals surface area contributed by atoms with E-state index in [2.05, 4.69) is 321 Å². The molecule has 0 fully saturated rings. The zero-order valence-corrected chi connectivity index (χ0v) is 90.3. The molecule has 22 nitrogen and oxygen atoms in total. The molecule has 10 aromatic carbocycles. The van der Waals surface area contributed by atoms with Crippen molar-refractivity contribution in [1.29, 1.82) is 0 Å². The van der Waals surface area contributed by atoms with Crippen LogP contribution in [0.2, 0.25) is 0 Å². The van der Waals surface area contributed by atoms with E-state index in [1.54, 1.807) is 24.9 Å². The summed E-state index contributed by atoms with van der Waals surface area (Å²) in [4.78, 5) is 49.8. The van der Waals surface area contributed by atoms with E-state index in [0.717, 1.165) is 149 Å². The topological polar surface area (TPSA) is 244 Å². The Kier molecular flexibility index (Phi) is 30.8. The molecule has 2 aliphatic rings. The van der Waals surface area contributed by atoms with E-state index in [-0.39, 0.29) is 111 Å². The van der Waals surface area contributed by atoms with E-state index < -0.39 is 0 Å². The number of rotatable bonds is 10. The third-order valence-electron chi connectivity index (χ3n) is 24.7. The molecule has 0 amide bonds. The number of benzene rings is 10. The fourth-order valence-corrected chi connectivity index (χ4v) is 18.8. The van der Waals surface area contributed by atoms with Gasteiger partial charge >= 0.3 is 0 Å².